The molecule has 24 heavy (non-hydrogen) atoms. The largest absolute Gasteiger partial charge is 0.337 e. The summed E-state index contributed by atoms with van der Waals surface area (Å²) in [5.41, 5.74) is 2.71. The maximum atomic E-state index is 12.3. The predicted octanol–water partition coefficient (Wildman–Crippen LogP) is 2.54. The highest BCUT2D eigenvalue weighted by molar-refractivity contribution is 7.00. The lowest BCUT2D eigenvalue weighted by atomic mass is 10.2. The van der Waals surface area contributed by atoms with E-state index in [1.807, 2.05) is 32.0 Å². The first-order chi connectivity index (χ1) is 11.6. The quantitative estimate of drug-likeness (QED) is 0.762. The van der Waals surface area contributed by atoms with E-state index in [1.165, 1.54) is 11.7 Å². The van der Waals surface area contributed by atoms with Crippen LogP contribution in [0.2, 0.25) is 0 Å². The lowest BCUT2D eigenvalue weighted by molar-refractivity contribution is 0.200. The highest BCUT2D eigenvalue weighted by Crippen LogP contribution is 2.15. The van der Waals surface area contributed by atoms with E-state index in [1.54, 1.807) is 11.9 Å². The number of aromatic nitrogens is 4. The Morgan fingerprint density at radius 1 is 1.38 bits per heavy atom. The molecule has 8 nitrogen and oxygen atoms in total. The van der Waals surface area contributed by atoms with E-state index in [0.717, 1.165) is 16.6 Å². The van der Waals surface area contributed by atoms with E-state index in [2.05, 4.69) is 24.2 Å². The average molecular weight is 346 g/mol. The van der Waals surface area contributed by atoms with Crippen LogP contribution in [0.25, 0.3) is 11.0 Å². The fourth-order valence-electron chi connectivity index (χ4n) is 2.22. The Morgan fingerprint density at radius 3 is 2.92 bits per heavy atom. The predicted molar refractivity (Wildman–Crippen MR) is 89.5 cm³/mol. The van der Waals surface area contributed by atoms with Gasteiger partial charge in [-0.15, -0.1) is 0 Å². The SMILES string of the molecule is CCc1noc([C@@H](C)NC(=O)N(C)Cc2ccc3nsnc3c2)n1. The van der Waals surface area contributed by atoms with Crippen molar-refractivity contribution in [1.29, 1.82) is 0 Å². The van der Waals surface area contributed by atoms with Crippen molar-refractivity contribution < 1.29 is 9.32 Å². The number of hydrogen-bond donors (Lipinski definition) is 1. The van der Waals surface area contributed by atoms with E-state index in [-0.39, 0.29) is 12.1 Å². The smallest absolute Gasteiger partial charge is 0.318 e. The first-order valence-corrected chi connectivity index (χ1v) is 8.35. The summed E-state index contributed by atoms with van der Waals surface area (Å²) in [6.07, 6.45) is 0.692. The van der Waals surface area contributed by atoms with E-state index in [9.17, 15) is 4.79 Å². The Bertz CT molecular complexity index is 845. The minimum Gasteiger partial charge on any atom is -0.337 e. The van der Waals surface area contributed by atoms with Crippen LogP contribution >= 0.6 is 11.7 Å². The van der Waals surface area contributed by atoms with Crippen molar-refractivity contribution in [3.8, 4) is 0 Å². The van der Waals surface area contributed by atoms with Gasteiger partial charge in [-0.3, -0.25) is 0 Å². The summed E-state index contributed by atoms with van der Waals surface area (Å²) in [7, 11) is 1.73. The van der Waals surface area contributed by atoms with Gasteiger partial charge in [0.2, 0.25) is 5.89 Å². The Kier molecular flexibility index (Phi) is 4.70. The van der Waals surface area contributed by atoms with Gasteiger partial charge in [-0.1, -0.05) is 18.1 Å². The molecule has 0 radical (unpaired) electrons. The number of hydrogen-bond acceptors (Lipinski definition) is 7. The van der Waals surface area contributed by atoms with Gasteiger partial charge in [0, 0.05) is 20.0 Å². The second-order valence-corrected chi connectivity index (χ2v) is 6.05. The van der Waals surface area contributed by atoms with E-state index >= 15 is 0 Å². The number of nitrogens with zero attached hydrogens (tertiary/aromatic N) is 5. The summed E-state index contributed by atoms with van der Waals surface area (Å²) in [6.45, 7) is 4.22. The lowest BCUT2D eigenvalue weighted by Gasteiger charge is -2.20. The summed E-state index contributed by atoms with van der Waals surface area (Å²) in [5, 5.41) is 6.69. The number of amides is 2. The Balaban J connectivity index is 1.61. The summed E-state index contributed by atoms with van der Waals surface area (Å²) in [4.78, 5) is 18.1. The minimum atomic E-state index is -0.349. The minimum absolute atomic E-state index is 0.213. The summed E-state index contributed by atoms with van der Waals surface area (Å²) in [5.74, 6) is 1.04. The zero-order chi connectivity index (χ0) is 17.1. The van der Waals surface area contributed by atoms with Gasteiger partial charge in [-0.25, -0.2) is 4.79 Å². The molecular formula is C15H18N6O2S. The molecule has 126 valence electrons. The van der Waals surface area contributed by atoms with Crippen LogP contribution in [-0.4, -0.2) is 36.9 Å². The highest BCUT2D eigenvalue weighted by Gasteiger charge is 2.18. The standard InChI is InChI=1S/C15H18N6O2S/c1-4-13-17-14(23-18-13)9(2)16-15(22)21(3)8-10-5-6-11-12(7-10)20-24-19-11/h5-7,9H,4,8H2,1-3H3,(H,16,22)/t9-/m1/s1. The second-order valence-electron chi connectivity index (χ2n) is 5.52. The van der Waals surface area contributed by atoms with Crippen molar-refractivity contribution in [2.45, 2.75) is 32.9 Å². The number of carbonyl (C=O) groups excluding carboxylic acids is 1. The second kappa shape index (κ2) is 6.91. The summed E-state index contributed by atoms with van der Waals surface area (Å²) in [6, 6.07) is 5.24. The molecule has 1 N–H and O–H groups in total. The fraction of sp³-hybridized carbons (Fsp3) is 0.400. The van der Waals surface area contributed by atoms with Gasteiger partial charge in [-0.05, 0) is 24.6 Å². The molecule has 0 saturated carbocycles. The van der Waals surface area contributed by atoms with Crippen LogP contribution in [0.15, 0.2) is 22.7 Å². The van der Waals surface area contributed by atoms with Gasteiger partial charge in [0.15, 0.2) is 5.82 Å². The number of fused-ring (bicyclic) bond motifs is 1. The van der Waals surface area contributed by atoms with Gasteiger partial charge >= 0.3 is 6.03 Å². The summed E-state index contributed by atoms with van der Waals surface area (Å²) < 4.78 is 13.5. The zero-order valence-electron chi connectivity index (χ0n) is 13.7. The van der Waals surface area contributed by atoms with E-state index in [0.29, 0.717) is 24.7 Å². The molecule has 0 spiro atoms. The molecule has 2 heterocycles. The topological polar surface area (TPSA) is 97.0 Å². The number of benzene rings is 1. The number of nitrogens with one attached hydrogen (secondary N) is 1. The number of aryl methyl sites for hydroxylation is 1. The summed E-state index contributed by atoms with van der Waals surface area (Å²) >= 11 is 1.18. The van der Waals surface area contributed by atoms with Crippen LogP contribution in [0.1, 0.15) is 37.2 Å². The molecule has 1 aromatic carbocycles. The van der Waals surface area contributed by atoms with Crippen molar-refractivity contribution in [3.05, 3.63) is 35.5 Å². The maximum absolute atomic E-state index is 12.3. The molecule has 9 heteroatoms. The van der Waals surface area contributed by atoms with Crippen molar-refractivity contribution in [3.63, 3.8) is 0 Å². The first kappa shape index (κ1) is 16.3. The highest BCUT2D eigenvalue weighted by atomic mass is 32.1. The molecule has 0 aliphatic rings. The molecule has 0 unspecified atom stereocenters. The van der Waals surface area contributed by atoms with Crippen molar-refractivity contribution in [1.82, 2.24) is 29.1 Å². The van der Waals surface area contributed by atoms with Crippen molar-refractivity contribution in [2.24, 2.45) is 0 Å². The molecule has 0 fully saturated rings. The van der Waals surface area contributed by atoms with Gasteiger partial charge in [0.1, 0.15) is 17.1 Å². The van der Waals surface area contributed by atoms with Crippen LogP contribution in [0.3, 0.4) is 0 Å². The third-order valence-electron chi connectivity index (χ3n) is 3.60. The van der Waals surface area contributed by atoms with Crippen LogP contribution in [-0.2, 0) is 13.0 Å². The van der Waals surface area contributed by atoms with Gasteiger partial charge in [0.05, 0.1) is 11.7 Å². The molecule has 1 atom stereocenters. The van der Waals surface area contributed by atoms with Gasteiger partial charge < -0.3 is 14.7 Å². The Morgan fingerprint density at radius 2 is 2.17 bits per heavy atom. The molecule has 0 aliphatic heterocycles. The maximum Gasteiger partial charge on any atom is 0.318 e. The van der Waals surface area contributed by atoms with Crippen molar-refractivity contribution >= 4 is 28.8 Å². The average Bonchev–Trinajstić information content (AvgIpc) is 3.23. The molecular weight excluding hydrogens is 328 g/mol. The van der Waals surface area contributed by atoms with Crippen LogP contribution in [0, 0.1) is 0 Å². The third-order valence-corrected chi connectivity index (χ3v) is 4.15. The van der Waals surface area contributed by atoms with E-state index < -0.39 is 0 Å². The third kappa shape index (κ3) is 3.51. The van der Waals surface area contributed by atoms with Gasteiger partial charge in [0.25, 0.3) is 0 Å². The van der Waals surface area contributed by atoms with Crippen molar-refractivity contribution in [2.75, 3.05) is 7.05 Å². The molecule has 0 saturated heterocycles. The van der Waals surface area contributed by atoms with E-state index in [4.69, 9.17) is 4.52 Å². The molecule has 2 amide bonds. The fourth-order valence-corrected chi connectivity index (χ4v) is 2.73. The molecule has 2 aromatic heterocycles. The number of urea groups is 1. The molecule has 3 aromatic rings. The van der Waals surface area contributed by atoms with Crippen LogP contribution in [0.5, 0.6) is 0 Å². The Labute approximate surface area is 143 Å². The molecule has 0 bridgehead atoms. The molecule has 0 aliphatic carbocycles. The normalized spacial score (nSPS) is 12.3. The Hall–Kier alpha value is -2.55. The van der Waals surface area contributed by atoms with Gasteiger partial charge in [-0.2, -0.15) is 13.7 Å². The molecule has 3 rings (SSSR count). The number of carbonyl (C=O) groups is 1. The van der Waals surface area contributed by atoms with Crippen LogP contribution < -0.4 is 5.32 Å². The zero-order valence-corrected chi connectivity index (χ0v) is 14.5. The number of rotatable bonds is 5. The first-order valence-electron chi connectivity index (χ1n) is 7.62. The monoisotopic (exact) mass is 346 g/mol. The lowest BCUT2D eigenvalue weighted by Crippen LogP contribution is -2.38. The van der Waals surface area contributed by atoms with Crippen LogP contribution in [0.4, 0.5) is 4.79 Å².